The van der Waals surface area contributed by atoms with Crippen LogP contribution in [0.4, 0.5) is 0 Å². The highest BCUT2D eigenvalue weighted by Gasteiger charge is 2.28. The summed E-state index contributed by atoms with van der Waals surface area (Å²) in [5.74, 6) is 0. The van der Waals surface area contributed by atoms with Gasteiger partial charge in [0, 0.05) is 17.2 Å². The van der Waals surface area contributed by atoms with Crippen LogP contribution < -0.4 is 5.73 Å². The first-order chi connectivity index (χ1) is 5.69. The summed E-state index contributed by atoms with van der Waals surface area (Å²) in [6, 6.07) is 2.00. The van der Waals surface area contributed by atoms with E-state index in [0.717, 1.165) is 18.5 Å². The van der Waals surface area contributed by atoms with Crippen LogP contribution >= 0.6 is 0 Å². The number of allylic oxidation sites excluding steroid dienone is 2. The van der Waals surface area contributed by atoms with Crippen LogP contribution in [0.1, 0.15) is 39.0 Å². The van der Waals surface area contributed by atoms with Crippen LogP contribution in [0.5, 0.6) is 0 Å². The summed E-state index contributed by atoms with van der Waals surface area (Å²) in [4.78, 5) is 0. The van der Waals surface area contributed by atoms with Gasteiger partial charge in [-0.1, -0.05) is 26.2 Å². The monoisotopic (exact) mass is 164 g/mol. The molecule has 2 heteroatoms. The number of hydrogen-bond acceptors (Lipinski definition) is 2. The van der Waals surface area contributed by atoms with Gasteiger partial charge in [0.1, 0.15) is 0 Å². The molecule has 1 aliphatic rings. The number of nitriles is 1. The van der Waals surface area contributed by atoms with Crippen molar-refractivity contribution in [3.63, 3.8) is 0 Å². The van der Waals surface area contributed by atoms with E-state index >= 15 is 0 Å². The Hall–Kier alpha value is -0.970. The van der Waals surface area contributed by atoms with E-state index in [0.29, 0.717) is 0 Å². The van der Waals surface area contributed by atoms with Gasteiger partial charge in [-0.15, -0.1) is 0 Å². The van der Waals surface area contributed by atoms with Crippen molar-refractivity contribution in [3.05, 3.63) is 11.8 Å². The van der Waals surface area contributed by atoms with E-state index in [1.54, 1.807) is 0 Å². The quantitative estimate of drug-likeness (QED) is 0.605. The van der Waals surface area contributed by atoms with Gasteiger partial charge in [-0.2, -0.15) is 5.26 Å². The lowest BCUT2D eigenvalue weighted by molar-refractivity contribution is 0.265. The maximum absolute atomic E-state index is 8.48. The molecule has 2 N–H and O–H groups in total. The third-order valence-corrected chi connectivity index (χ3v) is 2.87. The van der Waals surface area contributed by atoms with Crippen molar-refractivity contribution < 1.29 is 0 Å². The molecule has 0 radical (unpaired) electrons. The van der Waals surface area contributed by atoms with Gasteiger partial charge < -0.3 is 5.73 Å². The Morgan fingerprint density at radius 3 is 2.50 bits per heavy atom. The Kier molecular flexibility index (Phi) is 2.75. The molecule has 0 aromatic rings. The second-order valence-corrected chi connectivity index (χ2v) is 3.85. The molecule has 0 amide bonds. The summed E-state index contributed by atoms with van der Waals surface area (Å²) in [6.07, 6.45) is 7.57. The first-order valence-corrected chi connectivity index (χ1v) is 4.55. The number of hydrogen-bond donors (Lipinski definition) is 1. The fourth-order valence-corrected chi connectivity index (χ4v) is 1.86. The third-order valence-electron chi connectivity index (χ3n) is 2.87. The van der Waals surface area contributed by atoms with E-state index in [1.807, 2.05) is 6.07 Å². The lowest BCUT2D eigenvalue weighted by Crippen LogP contribution is -2.27. The second kappa shape index (κ2) is 3.62. The van der Waals surface area contributed by atoms with Crippen LogP contribution in [0, 0.1) is 16.7 Å². The van der Waals surface area contributed by atoms with Crippen molar-refractivity contribution in [1.29, 1.82) is 5.26 Å². The van der Waals surface area contributed by atoms with E-state index in [2.05, 4.69) is 6.92 Å². The smallest absolute Gasteiger partial charge is 0.0930 e. The SMILES string of the molecule is CC1(/C(N)=C/C#N)CCCCC1. The zero-order valence-corrected chi connectivity index (χ0v) is 7.64. The molecule has 0 unspecified atom stereocenters. The first kappa shape index (κ1) is 9.12. The molecule has 1 saturated carbocycles. The van der Waals surface area contributed by atoms with Crippen LogP contribution in [0.3, 0.4) is 0 Å². The highest BCUT2D eigenvalue weighted by atomic mass is 14.6. The molecule has 0 aliphatic heterocycles. The summed E-state index contributed by atoms with van der Waals surface area (Å²) in [5, 5.41) is 8.48. The minimum atomic E-state index is 0.105. The minimum Gasteiger partial charge on any atom is -0.401 e. The molecular formula is C10H16N2. The molecule has 0 bridgehead atoms. The molecule has 0 aromatic heterocycles. The fourth-order valence-electron chi connectivity index (χ4n) is 1.86. The Labute approximate surface area is 74.1 Å². The molecule has 0 atom stereocenters. The average molecular weight is 164 g/mol. The molecule has 1 aliphatic carbocycles. The fraction of sp³-hybridized carbons (Fsp3) is 0.700. The molecule has 0 aromatic carbocycles. The summed E-state index contributed by atoms with van der Waals surface area (Å²) >= 11 is 0. The predicted octanol–water partition coefficient (Wildman–Crippen LogP) is 2.32. The largest absolute Gasteiger partial charge is 0.401 e. The van der Waals surface area contributed by atoms with Crippen LogP contribution in [0.25, 0.3) is 0 Å². The molecule has 66 valence electrons. The van der Waals surface area contributed by atoms with E-state index in [1.165, 1.54) is 25.3 Å². The normalized spacial score (nSPS) is 23.2. The zero-order chi connectivity index (χ0) is 9.03. The topological polar surface area (TPSA) is 49.8 Å². The molecule has 0 spiro atoms. The highest BCUT2D eigenvalue weighted by molar-refractivity contribution is 5.18. The predicted molar refractivity (Wildman–Crippen MR) is 49.1 cm³/mol. The number of nitrogens with two attached hydrogens (primary N) is 1. The summed E-state index contributed by atoms with van der Waals surface area (Å²) < 4.78 is 0. The van der Waals surface area contributed by atoms with Gasteiger partial charge in [-0.25, -0.2) is 0 Å². The van der Waals surface area contributed by atoms with Crippen LogP contribution in [0.2, 0.25) is 0 Å². The summed E-state index contributed by atoms with van der Waals surface area (Å²) in [7, 11) is 0. The van der Waals surface area contributed by atoms with Gasteiger partial charge >= 0.3 is 0 Å². The maximum atomic E-state index is 8.48. The molecule has 2 nitrogen and oxygen atoms in total. The van der Waals surface area contributed by atoms with E-state index < -0.39 is 0 Å². The second-order valence-electron chi connectivity index (χ2n) is 3.85. The molecule has 1 fully saturated rings. The summed E-state index contributed by atoms with van der Waals surface area (Å²) in [6.45, 7) is 2.16. The Morgan fingerprint density at radius 2 is 2.00 bits per heavy atom. The van der Waals surface area contributed by atoms with Gasteiger partial charge in [0.15, 0.2) is 0 Å². The summed E-state index contributed by atoms with van der Waals surface area (Å²) in [5.41, 5.74) is 6.71. The molecule has 0 heterocycles. The standard InChI is InChI=1S/C10H16N2/c1-10(9(12)5-8-11)6-3-2-4-7-10/h5H,2-4,6-7,12H2,1H3/b9-5-. The lowest BCUT2D eigenvalue weighted by atomic mass is 9.73. The van der Waals surface area contributed by atoms with Crippen molar-refractivity contribution in [2.75, 3.05) is 0 Å². The average Bonchev–Trinajstić information content (AvgIpc) is 2.06. The number of rotatable bonds is 1. The van der Waals surface area contributed by atoms with Crippen molar-refractivity contribution in [2.24, 2.45) is 11.1 Å². The van der Waals surface area contributed by atoms with Crippen LogP contribution in [-0.2, 0) is 0 Å². The molecular weight excluding hydrogens is 148 g/mol. The van der Waals surface area contributed by atoms with E-state index in [9.17, 15) is 0 Å². The van der Waals surface area contributed by atoms with Crippen molar-refractivity contribution in [1.82, 2.24) is 0 Å². The lowest BCUT2D eigenvalue weighted by Gasteiger charge is -2.33. The Balaban J connectivity index is 2.70. The van der Waals surface area contributed by atoms with Gasteiger partial charge in [0.25, 0.3) is 0 Å². The third kappa shape index (κ3) is 1.79. The van der Waals surface area contributed by atoms with Gasteiger partial charge in [-0.3, -0.25) is 0 Å². The molecule has 12 heavy (non-hydrogen) atoms. The van der Waals surface area contributed by atoms with Gasteiger partial charge in [0.05, 0.1) is 6.07 Å². The number of nitrogens with zero attached hydrogens (tertiary/aromatic N) is 1. The maximum Gasteiger partial charge on any atom is 0.0930 e. The Bertz CT molecular complexity index is 216. The van der Waals surface area contributed by atoms with Crippen molar-refractivity contribution >= 4 is 0 Å². The minimum absolute atomic E-state index is 0.105. The van der Waals surface area contributed by atoms with Crippen molar-refractivity contribution in [3.8, 4) is 6.07 Å². The van der Waals surface area contributed by atoms with Gasteiger partial charge in [-0.05, 0) is 12.8 Å². The first-order valence-electron chi connectivity index (χ1n) is 4.55. The molecule has 0 saturated heterocycles. The molecule has 1 rings (SSSR count). The van der Waals surface area contributed by atoms with Crippen molar-refractivity contribution in [2.45, 2.75) is 39.0 Å². The zero-order valence-electron chi connectivity index (χ0n) is 7.64. The van der Waals surface area contributed by atoms with E-state index in [4.69, 9.17) is 11.0 Å². The van der Waals surface area contributed by atoms with Gasteiger partial charge in [0.2, 0.25) is 0 Å². The Morgan fingerprint density at radius 1 is 1.42 bits per heavy atom. The van der Waals surface area contributed by atoms with Crippen LogP contribution in [0.15, 0.2) is 11.8 Å². The van der Waals surface area contributed by atoms with E-state index in [-0.39, 0.29) is 5.41 Å². The highest BCUT2D eigenvalue weighted by Crippen LogP contribution is 2.39. The van der Waals surface area contributed by atoms with Crippen LogP contribution in [-0.4, -0.2) is 0 Å².